The van der Waals surface area contributed by atoms with E-state index in [0.717, 1.165) is 18.7 Å². The Balaban J connectivity index is 1.78. The monoisotopic (exact) mass is 266 g/mol. The summed E-state index contributed by atoms with van der Waals surface area (Å²) in [5.41, 5.74) is 6.99. The lowest BCUT2D eigenvalue weighted by Gasteiger charge is -2.22. The van der Waals surface area contributed by atoms with E-state index in [-0.39, 0.29) is 17.9 Å². The zero-order valence-corrected chi connectivity index (χ0v) is 11.0. The molecule has 0 aromatic heterocycles. The summed E-state index contributed by atoms with van der Waals surface area (Å²) in [5.74, 6) is 0.439. The fraction of sp³-hybridized carbons (Fsp3) is 0.571. The van der Waals surface area contributed by atoms with Crippen LogP contribution >= 0.6 is 0 Å². The van der Waals surface area contributed by atoms with Gasteiger partial charge in [-0.2, -0.15) is 0 Å². The van der Waals surface area contributed by atoms with Crippen LogP contribution in [0.3, 0.4) is 0 Å². The minimum atomic E-state index is -0.438. The number of benzene rings is 1. The van der Waals surface area contributed by atoms with Gasteiger partial charge in [-0.25, -0.2) is 4.39 Å². The van der Waals surface area contributed by atoms with E-state index < -0.39 is 5.82 Å². The first-order valence-electron chi connectivity index (χ1n) is 6.70. The smallest absolute Gasteiger partial charge is 0.167 e. The number of nitrogens with two attached hydrogens (primary N) is 1. The summed E-state index contributed by atoms with van der Waals surface area (Å²) < 4.78 is 24.3. The van der Waals surface area contributed by atoms with Gasteiger partial charge >= 0.3 is 0 Å². The number of ether oxygens (including phenoxy) is 2. The van der Waals surface area contributed by atoms with Crippen molar-refractivity contribution in [1.29, 1.82) is 0 Å². The summed E-state index contributed by atoms with van der Waals surface area (Å²) in [5, 5.41) is 3.39. The van der Waals surface area contributed by atoms with Crippen molar-refractivity contribution in [3.63, 3.8) is 0 Å². The normalized spacial score (nSPS) is 26.4. The first-order chi connectivity index (χ1) is 9.19. The predicted molar refractivity (Wildman–Crippen MR) is 71.9 cm³/mol. The van der Waals surface area contributed by atoms with Crippen molar-refractivity contribution in [2.24, 2.45) is 5.92 Å². The van der Waals surface area contributed by atoms with Crippen molar-refractivity contribution in [3.05, 3.63) is 17.9 Å². The zero-order valence-electron chi connectivity index (χ0n) is 11.0. The molecular formula is C14H19FN2O2. The van der Waals surface area contributed by atoms with Crippen LogP contribution in [0.4, 0.5) is 15.8 Å². The largest absolute Gasteiger partial charge is 0.494 e. The number of rotatable bonds is 4. The molecule has 1 heterocycles. The molecule has 4 nitrogen and oxygen atoms in total. The summed E-state index contributed by atoms with van der Waals surface area (Å²) in [6.45, 7) is 0.775. The Labute approximate surface area is 112 Å². The molecule has 1 aromatic carbocycles. The number of anilines is 2. The van der Waals surface area contributed by atoms with Crippen LogP contribution in [0, 0.1) is 11.7 Å². The SMILES string of the molecule is COc1cc(NC2CCOC2C2CC2)c(N)cc1F. The van der Waals surface area contributed by atoms with Crippen LogP contribution in [0.1, 0.15) is 19.3 Å². The average molecular weight is 266 g/mol. The van der Waals surface area contributed by atoms with Crippen LogP contribution in [-0.2, 0) is 4.74 Å². The highest BCUT2D eigenvalue weighted by molar-refractivity contribution is 5.69. The lowest BCUT2D eigenvalue weighted by Crippen LogP contribution is -2.31. The molecule has 3 rings (SSSR count). The van der Waals surface area contributed by atoms with Gasteiger partial charge in [0.2, 0.25) is 0 Å². The molecule has 1 saturated heterocycles. The summed E-state index contributed by atoms with van der Waals surface area (Å²) in [6, 6.07) is 3.17. The maximum absolute atomic E-state index is 13.5. The second-order valence-corrected chi connectivity index (χ2v) is 5.29. The van der Waals surface area contributed by atoms with Crippen molar-refractivity contribution in [2.45, 2.75) is 31.4 Å². The minimum absolute atomic E-state index is 0.207. The molecule has 1 aliphatic carbocycles. The fourth-order valence-corrected chi connectivity index (χ4v) is 2.71. The number of methoxy groups -OCH3 is 1. The van der Waals surface area contributed by atoms with Gasteiger partial charge in [0.05, 0.1) is 30.6 Å². The first-order valence-corrected chi connectivity index (χ1v) is 6.70. The van der Waals surface area contributed by atoms with Crippen molar-refractivity contribution in [1.82, 2.24) is 0 Å². The summed E-state index contributed by atoms with van der Waals surface area (Å²) >= 11 is 0. The Morgan fingerprint density at radius 3 is 2.84 bits per heavy atom. The van der Waals surface area contributed by atoms with Crippen LogP contribution < -0.4 is 15.8 Å². The van der Waals surface area contributed by atoms with E-state index >= 15 is 0 Å². The fourth-order valence-electron chi connectivity index (χ4n) is 2.71. The van der Waals surface area contributed by atoms with E-state index in [1.165, 1.54) is 26.0 Å². The van der Waals surface area contributed by atoms with E-state index in [1.54, 1.807) is 6.07 Å². The van der Waals surface area contributed by atoms with Gasteiger partial charge in [-0.1, -0.05) is 0 Å². The van der Waals surface area contributed by atoms with E-state index in [9.17, 15) is 4.39 Å². The molecule has 2 atom stereocenters. The molecule has 19 heavy (non-hydrogen) atoms. The molecule has 104 valence electrons. The van der Waals surface area contributed by atoms with Gasteiger partial charge in [-0.15, -0.1) is 0 Å². The maximum atomic E-state index is 13.5. The number of hydrogen-bond donors (Lipinski definition) is 2. The van der Waals surface area contributed by atoms with E-state index in [4.69, 9.17) is 15.2 Å². The molecule has 1 aromatic rings. The van der Waals surface area contributed by atoms with Gasteiger partial charge in [0, 0.05) is 18.7 Å². The molecule has 0 amide bonds. The zero-order chi connectivity index (χ0) is 13.4. The van der Waals surface area contributed by atoms with Crippen molar-refractivity contribution in [2.75, 3.05) is 24.8 Å². The second kappa shape index (κ2) is 4.89. The molecule has 0 bridgehead atoms. The molecule has 1 aliphatic heterocycles. The summed E-state index contributed by atoms with van der Waals surface area (Å²) in [4.78, 5) is 0. The highest BCUT2D eigenvalue weighted by Crippen LogP contribution is 2.40. The van der Waals surface area contributed by atoms with Crippen molar-refractivity contribution < 1.29 is 13.9 Å². The van der Waals surface area contributed by atoms with Gasteiger partial charge in [0.25, 0.3) is 0 Å². The van der Waals surface area contributed by atoms with Crippen LogP contribution in [-0.4, -0.2) is 25.9 Å². The second-order valence-electron chi connectivity index (χ2n) is 5.29. The minimum Gasteiger partial charge on any atom is -0.494 e. The predicted octanol–water partition coefficient (Wildman–Crippen LogP) is 2.40. The summed E-state index contributed by atoms with van der Waals surface area (Å²) in [7, 11) is 1.45. The van der Waals surface area contributed by atoms with Crippen molar-refractivity contribution in [3.8, 4) is 5.75 Å². The average Bonchev–Trinajstić information content (AvgIpc) is 3.13. The first kappa shape index (κ1) is 12.5. The number of halogens is 1. The van der Waals surface area contributed by atoms with Gasteiger partial charge in [-0.05, 0) is 25.2 Å². The highest BCUT2D eigenvalue weighted by atomic mass is 19.1. The lowest BCUT2D eigenvalue weighted by molar-refractivity contribution is 0.0898. The van der Waals surface area contributed by atoms with Crippen LogP contribution in [0.15, 0.2) is 12.1 Å². The topological polar surface area (TPSA) is 56.5 Å². The summed E-state index contributed by atoms with van der Waals surface area (Å²) in [6.07, 6.45) is 3.70. The van der Waals surface area contributed by atoms with Gasteiger partial charge < -0.3 is 20.5 Å². The Morgan fingerprint density at radius 1 is 1.37 bits per heavy atom. The Hall–Kier alpha value is -1.49. The van der Waals surface area contributed by atoms with E-state index in [0.29, 0.717) is 11.6 Å². The van der Waals surface area contributed by atoms with Crippen LogP contribution in [0.5, 0.6) is 5.75 Å². The molecule has 3 N–H and O–H groups in total. The Kier molecular flexibility index (Phi) is 3.22. The third kappa shape index (κ3) is 2.47. The van der Waals surface area contributed by atoms with Crippen LogP contribution in [0.2, 0.25) is 0 Å². The van der Waals surface area contributed by atoms with Gasteiger partial charge in [0.1, 0.15) is 0 Å². The van der Waals surface area contributed by atoms with Crippen molar-refractivity contribution >= 4 is 11.4 Å². The maximum Gasteiger partial charge on any atom is 0.167 e. The van der Waals surface area contributed by atoms with Gasteiger partial charge in [0.15, 0.2) is 11.6 Å². The molecule has 0 spiro atoms. The third-order valence-corrected chi connectivity index (χ3v) is 3.89. The molecule has 2 aliphatic rings. The van der Waals surface area contributed by atoms with E-state index in [1.807, 2.05) is 0 Å². The molecule has 2 fully saturated rings. The third-order valence-electron chi connectivity index (χ3n) is 3.89. The molecule has 1 saturated carbocycles. The van der Waals surface area contributed by atoms with Crippen LogP contribution in [0.25, 0.3) is 0 Å². The number of nitrogen functional groups attached to an aromatic ring is 1. The standard InChI is InChI=1S/C14H19FN2O2/c1-18-13-7-12(10(16)6-9(13)15)17-11-4-5-19-14(11)8-2-3-8/h6-8,11,14,17H,2-5,16H2,1H3. The Bertz CT molecular complexity index is 477. The Morgan fingerprint density at radius 2 is 2.16 bits per heavy atom. The van der Waals surface area contributed by atoms with Gasteiger partial charge in [-0.3, -0.25) is 0 Å². The molecule has 2 unspecified atom stereocenters. The molecular weight excluding hydrogens is 247 g/mol. The number of nitrogens with one attached hydrogen (secondary N) is 1. The molecule has 5 heteroatoms. The number of hydrogen-bond acceptors (Lipinski definition) is 4. The highest BCUT2D eigenvalue weighted by Gasteiger charge is 2.40. The lowest BCUT2D eigenvalue weighted by atomic mass is 10.1. The quantitative estimate of drug-likeness (QED) is 0.822. The van der Waals surface area contributed by atoms with E-state index in [2.05, 4.69) is 5.32 Å². The molecule has 0 radical (unpaired) electrons.